The van der Waals surface area contributed by atoms with Gasteiger partial charge < -0.3 is 10.5 Å². The second kappa shape index (κ2) is 7.07. The zero-order valence-corrected chi connectivity index (χ0v) is 10.2. The molecule has 5 nitrogen and oxygen atoms in total. The van der Waals surface area contributed by atoms with E-state index in [0.29, 0.717) is 24.2 Å². The van der Waals surface area contributed by atoms with Gasteiger partial charge in [0.2, 0.25) is 0 Å². The first kappa shape index (κ1) is 13.7. The van der Waals surface area contributed by atoms with Gasteiger partial charge in [-0.3, -0.25) is 4.98 Å². The van der Waals surface area contributed by atoms with E-state index in [0.717, 1.165) is 0 Å². The predicted molar refractivity (Wildman–Crippen MR) is 65.9 cm³/mol. The van der Waals surface area contributed by atoms with Crippen LogP contribution in [0.4, 0.5) is 0 Å². The lowest BCUT2D eigenvalue weighted by Crippen LogP contribution is -2.12. The van der Waals surface area contributed by atoms with Gasteiger partial charge in [0.25, 0.3) is 0 Å². The minimum Gasteiger partial charge on any atom is -0.453 e. The van der Waals surface area contributed by atoms with Crippen LogP contribution in [-0.2, 0) is 9.53 Å². The molecule has 0 spiro atoms. The number of hydrogen-bond acceptors (Lipinski definition) is 5. The summed E-state index contributed by atoms with van der Waals surface area (Å²) in [5.74, 6) is -0.524. The number of esters is 1. The van der Waals surface area contributed by atoms with Crippen LogP contribution in [0.15, 0.2) is 36.2 Å². The number of nitrogens with zero attached hydrogens (tertiary/aromatic N) is 2. The largest absolute Gasteiger partial charge is 0.453 e. The molecule has 1 rings (SSSR count). The van der Waals surface area contributed by atoms with Crippen molar-refractivity contribution in [3.63, 3.8) is 0 Å². The summed E-state index contributed by atoms with van der Waals surface area (Å²) < 4.78 is 5.24. The molecule has 18 heavy (non-hydrogen) atoms. The molecule has 0 aliphatic heterocycles. The molecule has 0 saturated carbocycles. The molecule has 0 aliphatic rings. The SMILES string of the molecule is C/C(N)=C\C(=O)OC(CCC#N)c1ccccn1. The van der Waals surface area contributed by atoms with E-state index >= 15 is 0 Å². The topological polar surface area (TPSA) is 89.0 Å². The monoisotopic (exact) mass is 245 g/mol. The number of rotatable bonds is 5. The summed E-state index contributed by atoms with van der Waals surface area (Å²) in [6, 6.07) is 7.36. The summed E-state index contributed by atoms with van der Waals surface area (Å²) in [7, 11) is 0. The second-order valence-electron chi connectivity index (χ2n) is 3.77. The first-order valence-corrected chi connectivity index (χ1v) is 5.55. The van der Waals surface area contributed by atoms with Gasteiger partial charge in [-0.2, -0.15) is 5.26 Å². The van der Waals surface area contributed by atoms with Gasteiger partial charge in [0, 0.05) is 30.8 Å². The first-order chi connectivity index (χ1) is 8.63. The molecule has 0 radical (unpaired) electrons. The van der Waals surface area contributed by atoms with Crippen LogP contribution in [0.1, 0.15) is 31.6 Å². The van der Waals surface area contributed by atoms with Crippen molar-refractivity contribution in [1.82, 2.24) is 4.98 Å². The maximum absolute atomic E-state index is 11.5. The van der Waals surface area contributed by atoms with E-state index in [1.807, 2.05) is 6.07 Å². The van der Waals surface area contributed by atoms with Gasteiger partial charge in [-0.1, -0.05) is 6.07 Å². The summed E-state index contributed by atoms with van der Waals surface area (Å²) in [4.78, 5) is 15.6. The fourth-order valence-electron chi connectivity index (χ4n) is 1.39. The van der Waals surface area contributed by atoms with E-state index in [1.165, 1.54) is 6.08 Å². The Morgan fingerprint density at radius 3 is 3.00 bits per heavy atom. The molecule has 5 heteroatoms. The fourth-order valence-corrected chi connectivity index (χ4v) is 1.39. The Hall–Kier alpha value is -2.35. The van der Waals surface area contributed by atoms with Crippen LogP contribution in [-0.4, -0.2) is 11.0 Å². The average Bonchev–Trinajstić information content (AvgIpc) is 2.34. The van der Waals surface area contributed by atoms with Gasteiger partial charge in [-0.25, -0.2) is 4.79 Å². The van der Waals surface area contributed by atoms with Crippen molar-refractivity contribution in [2.75, 3.05) is 0 Å². The molecule has 0 bridgehead atoms. The van der Waals surface area contributed by atoms with Crippen LogP contribution in [0, 0.1) is 11.3 Å². The van der Waals surface area contributed by atoms with Crippen molar-refractivity contribution in [3.8, 4) is 6.07 Å². The lowest BCUT2D eigenvalue weighted by atomic mass is 10.1. The Kier molecular flexibility index (Phi) is 5.39. The lowest BCUT2D eigenvalue weighted by Gasteiger charge is -2.15. The van der Waals surface area contributed by atoms with Crippen LogP contribution < -0.4 is 5.73 Å². The summed E-state index contributed by atoms with van der Waals surface area (Å²) in [6.45, 7) is 1.60. The lowest BCUT2D eigenvalue weighted by molar-refractivity contribution is -0.143. The normalized spacial score (nSPS) is 12.6. The Morgan fingerprint density at radius 1 is 1.67 bits per heavy atom. The van der Waals surface area contributed by atoms with Crippen LogP contribution in [0.2, 0.25) is 0 Å². The maximum atomic E-state index is 11.5. The molecule has 1 unspecified atom stereocenters. The standard InChI is InChI=1S/C13H15N3O2/c1-10(15)9-13(17)18-12(6-4-7-14)11-5-2-3-8-16-11/h2-3,5,8-9,12H,4,6,15H2,1H3/b10-9+. The second-order valence-corrected chi connectivity index (χ2v) is 3.77. The van der Waals surface area contributed by atoms with E-state index in [9.17, 15) is 4.79 Å². The highest BCUT2D eigenvalue weighted by Crippen LogP contribution is 2.20. The van der Waals surface area contributed by atoms with Crippen molar-refractivity contribution >= 4 is 5.97 Å². The van der Waals surface area contributed by atoms with Crippen LogP contribution in [0.25, 0.3) is 0 Å². The third-order valence-electron chi connectivity index (χ3n) is 2.14. The zero-order valence-electron chi connectivity index (χ0n) is 10.2. The van der Waals surface area contributed by atoms with Crippen molar-refractivity contribution in [1.29, 1.82) is 5.26 Å². The van der Waals surface area contributed by atoms with Gasteiger partial charge in [0.05, 0.1) is 11.8 Å². The summed E-state index contributed by atoms with van der Waals surface area (Å²) >= 11 is 0. The Labute approximate surface area is 106 Å². The number of pyridine rings is 1. The molecule has 0 aliphatic carbocycles. The number of aromatic nitrogens is 1. The number of carbonyl (C=O) groups is 1. The highest BCUT2D eigenvalue weighted by molar-refractivity contribution is 5.82. The Morgan fingerprint density at radius 2 is 2.44 bits per heavy atom. The van der Waals surface area contributed by atoms with Crippen molar-refractivity contribution in [2.45, 2.75) is 25.9 Å². The van der Waals surface area contributed by atoms with Crippen molar-refractivity contribution in [3.05, 3.63) is 41.9 Å². The molecule has 1 atom stereocenters. The molecule has 1 aromatic rings. The number of nitriles is 1. The van der Waals surface area contributed by atoms with Crippen molar-refractivity contribution < 1.29 is 9.53 Å². The quantitative estimate of drug-likeness (QED) is 0.631. The molecule has 0 aromatic carbocycles. The first-order valence-electron chi connectivity index (χ1n) is 5.55. The number of ether oxygens (including phenoxy) is 1. The number of hydrogen-bond donors (Lipinski definition) is 1. The average molecular weight is 245 g/mol. The third kappa shape index (κ3) is 4.66. The van der Waals surface area contributed by atoms with Crippen LogP contribution >= 0.6 is 0 Å². The van der Waals surface area contributed by atoms with Crippen LogP contribution in [0.3, 0.4) is 0 Å². The Bertz CT molecular complexity index is 459. The van der Waals surface area contributed by atoms with Crippen LogP contribution in [0.5, 0.6) is 0 Å². The predicted octanol–water partition coefficient (Wildman–Crippen LogP) is 1.83. The van der Waals surface area contributed by atoms with Gasteiger partial charge in [0.15, 0.2) is 0 Å². The fraction of sp³-hybridized carbons (Fsp3) is 0.308. The molecular formula is C13H15N3O2. The Balaban J connectivity index is 2.77. The van der Waals surface area contributed by atoms with E-state index in [1.54, 1.807) is 31.3 Å². The molecule has 1 aromatic heterocycles. The van der Waals surface area contributed by atoms with Gasteiger partial charge >= 0.3 is 5.97 Å². The number of carbonyl (C=O) groups excluding carboxylic acids is 1. The summed E-state index contributed by atoms with van der Waals surface area (Å²) in [6.07, 6.45) is 3.01. The van der Waals surface area contributed by atoms with Gasteiger partial charge in [-0.05, 0) is 19.1 Å². The maximum Gasteiger partial charge on any atom is 0.333 e. The molecule has 1 heterocycles. The van der Waals surface area contributed by atoms with E-state index in [4.69, 9.17) is 15.7 Å². The molecule has 0 amide bonds. The zero-order chi connectivity index (χ0) is 13.4. The van der Waals surface area contributed by atoms with Crippen molar-refractivity contribution in [2.24, 2.45) is 5.73 Å². The van der Waals surface area contributed by atoms with Gasteiger partial charge in [0.1, 0.15) is 6.10 Å². The summed E-state index contributed by atoms with van der Waals surface area (Å²) in [5, 5.41) is 8.60. The van der Waals surface area contributed by atoms with E-state index < -0.39 is 12.1 Å². The molecule has 2 N–H and O–H groups in total. The number of allylic oxidation sites excluding steroid dienone is 1. The minimum absolute atomic E-state index is 0.292. The molecular weight excluding hydrogens is 230 g/mol. The molecule has 0 saturated heterocycles. The molecule has 0 fully saturated rings. The highest BCUT2D eigenvalue weighted by atomic mass is 16.5. The van der Waals surface area contributed by atoms with E-state index in [2.05, 4.69) is 4.98 Å². The van der Waals surface area contributed by atoms with Gasteiger partial charge in [-0.15, -0.1) is 0 Å². The third-order valence-corrected chi connectivity index (χ3v) is 2.14. The van der Waals surface area contributed by atoms with E-state index in [-0.39, 0.29) is 0 Å². The summed E-state index contributed by atoms with van der Waals surface area (Å²) in [5.41, 5.74) is 6.40. The highest BCUT2D eigenvalue weighted by Gasteiger charge is 2.16. The smallest absolute Gasteiger partial charge is 0.333 e. The minimum atomic E-state index is -0.524. The number of nitrogens with two attached hydrogens (primary N) is 1. The molecule has 94 valence electrons.